The number of hydrogen-bond donors (Lipinski definition) is 2. The van der Waals surface area contributed by atoms with Gasteiger partial charge in [-0.15, -0.1) is 10.2 Å². The minimum Gasteiger partial charge on any atom is -0.363 e. The van der Waals surface area contributed by atoms with Crippen LogP contribution in [0.2, 0.25) is 0 Å². The van der Waals surface area contributed by atoms with Crippen LogP contribution in [0.5, 0.6) is 0 Å². The highest BCUT2D eigenvalue weighted by molar-refractivity contribution is 7.99. The maximum Gasteiger partial charge on any atom is 0.282 e. The molecule has 1 saturated carbocycles. The molecule has 2 unspecified atom stereocenters. The third-order valence-electron chi connectivity index (χ3n) is 3.15. The van der Waals surface area contributed by atoms with Crippen LogP contribution < -0.4 is 10.6 Å². The lowest BCUT2D eigenvalue weighted by molar-refractivity contribution is 0.0928. The molecule has 1 amide bonds. The van der Waals surface area contributed by atoms with E-state index in [9.17, 15) is 4.79 Å². The standard InChI is InChI=1S/C11H18N4OS2/c1-12-11-15-14-10(18-11)9(16)13-7-5-3-4-6-8(7)17-2/h7-8H,3-6H2,1-2H3,(H,12,15)(H,13,16). The summed E-state index contributed by atoms with van der Waals surface area (Å²) >= 11 is 3.13. The van der Waals surface area contributed by atoms with Crippen molar-refractivity contribution in [3.8, 4) is 0 Å². The molecule has 100 valence electrons. The second kappa shape index (κ2) is 6.38. The normalized spacial score (nSPS) is 23.7. The van der Waals surface area contributed by atoms with E-state index in [-0.39, 0.29) is 11.9 Å². The average molecular weight is 286 g/mol. The first kappa shape index (κ1) is 13.6. The Bertz CT molecular complexity index is 410. The second-order valence-electron chi connectivity index (χ2n) is 4.30. The minimum atomic E-state index is -0.0973. The minimum absolute atomic E-state index is 0.0973. The Morgan fingerprint density at radius 3 is 2.83 bits per heavy atom. The zero-order valence-electron chi connectivity index (χ0n) is 10.6. The van der Waals surface area contributed by atoms with E-state index < -0.39 is 0 Å². The van der Waals surface area contributed by atoms with E-state index in [0.29, 0.717) is 15.4 Å². The van der Waals surface area contributed by atoms with Crippen molar-refractivity contribution in [1.82, 2.24) is 15.5 Å². The van der Waals surface area contributed by atoms with Gasteiger partial charge in [0.1, 0.15) is 0 Å². The van der Waals surface area contributed by atoms with Gasteiger partial charge < -0.3 is 10.6 Å². The van der Waals surface area contributed by atoms with Gasteiger partial charge >= 0.3 is 0 Å². The molecule has 1 aromatic rings. The third-order valence-corrected chi connectivity index (χ3v) is 5.26. The molecule has 1 fully saturated rings. The molecule has 7 heteroatoms. The van der Waals surface area contributed by atoms with Crippen LogP contribution in [0.1, 0.15) is 35.5 Å². The molecule has 1 aliphatic rings. The highest BCUT2D eigenvalue weighted by Crippen LogP contribution is 2.27. The zero-order chi connectivity index (χ0) is 13.0. The first-order valence-corrected chi connectivity index (χ1v) is 8.20. The molecule has 1 heterocycles. The molecule has 1 aliphatic carbocycles. The van der Waals surface area contributed by atoms with Gasteiger partial charge in [0.15, 0.2) is 0 Å². The highest BCUT2D eigenvalue weighted by atomic mass is 32.2. The molecule has 0 aromatic carbocycles. The smallest absolute Gasteiger partial charge is 0.282 e. The SMILES string of the molecule is CNc1nnc(C(=O)NC2CCCCC2SC)s1. The lowest BCUT2D eigenvalue weighted by atomic mass is 9.95. The predicted octanol–water partition coefficient (Wildman–Crippen LogP) is 1.98. The van der Waals surface area contributed by atoms with E-state index in [2.05, 4.69) is 27.1 Å². The molecular formula is C11H18N4OS2. The number of nitrogens with one attached hydrogen (secondary N) is 2. The maximum atomic E-state index is 12.1. The molecule has 5 nitrogen and oxygen atoms in total. The van der Waals surface area contributed by atoms with Crippen molar-refractivity contribution in [3.05, 3.63) is 5.01 Å². The Morgan fingerprint density at radius 2 is 2.17 bits per heavy atom. The van der Waals surface area contributed by atoms with Crippen LogP contribution in [-0.2, 0) is 0 Å². The van der Waals surface area contributed by atoms with Crippen LogP contribution in [0.15, 0.2) is 0 Å². The number of nitrogens with zero attached hydrogens (tertiary/aromatic N) is 2. The summed E-state index contributed by atoms with van der Waals surface area (Å²) in [6.07, 6.45) is 6.82. The average Bonchev–Trinajstić information content (AvgIpc) is 2.88. The van der Waals surface area contributed by atoms with Gasteiger partial charge in [-0.3, -0.25) is 4.79 Å². The molecule has 2 rings (SSSR count). The van der Waals surface area contributed by atoms with Gasteiger partial charge in [0, 0.05) is 18.3 Å². The summed E-state index contributed by atoms with van der Waals surface area (Å²) in [5.41, 5.74) is 0. The van der Waals surface area contributed by atoms with Gasteiger partial charge in [-0.2, -0.15) is 11.8 Å². The van der Waals surface area contributed by atoms with E-state index in [4.69, 9.17) is 0 Å². The summed E-state index contributed by atoms with van der Waals surface area (Å²) in [6, 6.07) is 0.267. The Morgan fingerprint density at radius 1 is 1.39 bits per heavy atom. The van der Waals surface area contributed by atoms with Crippen molar-refractivity contribution in [1.29, 1.82) is 0 Å². The predicted molar refractivity (Wildman–Crippen MR) is 76.5 cm³/mol. The first-order chi connectivity index (χ1) is 8.74. The summed E-state index contributed by atoms with van der Waals surface area (Å²) in [4.78, 5) is 12.1. The van der Waals surface area contributed by atoms with Crippen molar-refractivity contribution >= 4 is 34.1 Å². The van der Waals surface area contributed by atoms with Crippen molar-refractivity contribution in [2.45, 2.75) is 37.0 Å². The third kappa shape index (κ3) is 3.14. The molecule has 0 aliphatic heterocycles. The van der Waals surface area contributed by atoms with Crippen molar-refractivity contribution < 1.29 is 4.79 Å². The summed E-state index contributed by atoms with van der Waals surface area (Å²) in [5.74, 6) is -0.0973. The molecule has 0 saturated heterocycles. The van der Waals surface area contributed by atoms with E-state index in [1.54, 1.807) is 7.05 Å². The molecule has 2 atom stereocenters. The quantitative estimate of drug-likeness (QED) is 0.886. The summed E-state index contributed by atoms with van der Waals surface area (Å²) in [5, 5.41) is 15.4. The van der Waals surface area contributed by atoms with Gasteiger partial charge in [-0.1, -0.05) is 24.2 Å². The van der Waals surface area contributed by atoms with Gasteiger partial charge in [0.25, 0.3) is 5.91 Å². The number of thioether (sulfide) groups is 1. The Kier molecular flexibility index (Phi) is 4.82. The van der Waals surface area contributed by atoms with Gasteiger partial charge in [-0.05, 0) is 19.1 Å². The van der Waals surface area contributed by atoms with E-state index in [1.807, 2.05) is 11.8 Å². The molecule has 2 N–H and O–H groups in total. The number of carbonyl (C=O) groups is 1. The van der Waals surface area contributed by atoms with Gasteiger partial charge in [-0.25, -0.2) is 0 Å². The zero-order valence-corrected chi connectivity index (χ0v) is 12.2. The monoisotopic (exact) mass is 286 g/mol. The van der Waals surface area contributed by atoms with E-state index >= 15 is 0 Å². The van der Waals surface area contributed by atoms with Crippen LogP contribution >= 0.6 is 23.1 Å². The molecule has 0 radical (unpaired) electrons. The fourth-order valence-electron chi connectivity index (χ4n) is 2.19. The largest absolute Gasteiger partial charge is 0.363 e. The topological polar surface area (TPSA) is 66.9 Å². The molecule has 18 heavy (non-hydrogen) atoms. The number of amides is 1. The number of rotatable bonds is 4. The van der Waals surface area contributed by atoms with E-state index in [1.165, 1.54) is 30.6 Å². The highest BCUT2D eigenvalue weighted by Gasteiger charge is 2.27. The number of hydrogen-bond acceptors (Lipinski definition) is 6. The number of aromatic nitrogens is 2. The Hall–Kier alpha value is -0.820. The van der Waals surface area contributed by atoms with E-state index in [0.717, 1.165) is 6.42 Å². The lowest BCUT2D eigenvalue weighted by Crippen LogP contribution is -2.43. The molecule has 1 aromatic heterocycles. The van der Waals surface area contributed by atoms with Crippen LogP contribution in [0, 0.1) is 0 Å². The summed E-state index contributed by atoms with van der Waals surface area (Å²) < 4.78 is 0. The fourth-order valence-corrected chi connectivity index (χ4v) is 3.73. The molecular weight excluding hydrogens is 268 g/mol. The van der Waals surface area contributed by atoms with Crippen LogP contribution in [-0.4, -0.2) is 40.7 Å². The lowest BCUT2D eigenvalue weighted by Gasteiger charge is -2.30. The van der Waals surface area contributed by atoms with Gasteiger partial charge in [0.2, 0.25) is 10.1 Å². The first-order valence-electron chi connectivity index (χ1n) is 6.09. The van der Waals surface area contributed by atoms with Crippen molar-refractivity contribution in [3.63, 3.8) is 0 Å². The molecule has 0 bridgehead atoms. The summed E-state index contributed by atoms with van der Waals surface area (Å²) in [6.45, 7) is 0. The number of anilines is 1. The summed E-state index contributed by atoms with van der Waals surface area (Å²) in [7, 11) is 1.77. The number of carbonyl (C=O) groups excluding carboxylic acids is 1. The van der Waals surface area contributed by atoms with Crippen LogP contribution in [0.4, 0.5) is 5.13 Å². The maximum absolute atomic E-state index is 12.1. The van der Waals surface area contributed by atoms with Crippen molar-refractivity contribution in [2.24, 2.45) is 0 Å². The van der Waals surface area contributed by atoms with Crippen LogP contribution in [0.25, 0.3) is 0 Å². The fraction of sp³-hybridized carbons (Fsp3) is 0.727. The second-order valence-corrected chi connectivity index (χ2v) is 6.36. The Balaban J connectivity index is 1.97. The van der Waals surface area contributed by atoms with Crippen molar-refractivity contribution in [2.75, 3.05) is 18.6 Å². The molecule has 0 spiro atoms. The Labute approximate surface area is 115 Å². The van der Waals surface area contributed by atoms with Gasteiger partial charge in [0.05, 0.1) is 0 Å². The van der Waals surface area contributed by atoms with Crippen LogP contribution in [0.3, 0.4) is 0 Å².